The van der Waals surface area contributed by atoms with Crippen LogP contribution in [-0.2, 0) is 0 Å². The molecule has 0 bridgehead atoms. The number of benzene rings is 2. The summed E-state index contributed by atoms with van der Waals surface area (Å²) in [5.74, 6) is 0.217. The molecule has 2 aromatic rings. The maximum Gasteiger partial charge on any atom is 0.261 e. The van der Waals surface area contributed by atoms with Gasteiger partial charge >= 0.3 is 0 Å². The molecule has 0 aromatic heterocycles. The van der Waals surface area contributed by atoms with Gasteiger partial charge in [-0.15, -0.1) is 0 Å². The SMILES string of the molecule is C=CC[N+](C)(C)CCCN1C(=O)c2cccc3c(OC)ccc(c23)C1=O. The third-order valence-electron chi connectivity index (χ3n) is 4.94. The van der Waals surface area contributed by atoms with Crippen LogP contribution in [0.4, 0.5) is 0 Å². The second-order valence-corrected chi connectivity index (χ2v) is 7.29. The highest BCUT2D eigenvalue weighted by atomic mass is 16.5. The highest BCUT2D eigenvalue weighted by Crippen LogP contribution is 2.35. The average Bonchev–Trinajstić information content (AvgIpc) is 2.61. The molecule has 0 unspecified atom stereocenters. The quantitative estimate of drug-likeness (QED) is 0.437. The van der Waals surface area contributed by atoms with E-state index in [1.54, 1.807) is 25.3 Å². The molecule has 2 amide bonds. The summed E-state index contributed by atoms with van der Waals surface area (Å²) in [7, 11) is 5.82. The molecule has 0 aliphatic carbocycles. The number of ether oxygens (including phenoxy) is 1. The number of imide groups is 1. The van der Waals surface area contributed by atoms with Gasteiger partial charge < -0.3 is 9.22 Å². The molecule has 136 valence electrons. The van der Waals surface area contributed by atoms with E-state index < -0.39 is 0 Å². The first-order chi connectivity index (χ1) is 12.4. The van der Waals surface area contributed by atoms with E-state index in [9.17, 15) is 9.59 Å². The highest BCUT2D eigenvalue weighted by molar-refractivity contribution is 6.26. The summed E-state index contributed by atoms with van der Waals surface area (Å²) in [5.41, 5.74) is 1.13. The van der Waals surface area contributed by atoms with Crippen LogP contribution in [0.25, 0.3) is 10.8 Å². The van der Waals surface area contributed by atoms with Crippen LogP contribution in [-0.4, -0.2) is 62.0 Å². The van der Waals surface area contributed by atoms with Gasteiger partial charge in [-0.05, 0) is 24.3 Å². The number of methoxy groups -OCH3 is 1. The molecule has 0 fully saturated rings. The minimum absolute atomic E-state index is 0.227. The number of nitrogens with zero attached hydrogens (tertiary/aromatic N) is 2. The van der Waals surface area contributed by atoms with Gasteiger partial charge in [0, 0.05) is 34.9 Å². The smallest absolute Gasteiger partial charge is 0.261 e. The van der Waals surface area contributed by atoms with Crippen molar-refractivity contribution in [3.63, 3.8) is 0 Å². The van der Waals surface area contributed by atoms with Gasteiger partial charge in [0.05, 0.1) is 34.3 Å². The van der Waals surface area contributed by atoms with E-state index in [-0.39, 0.29) is 11.8 Å². The van der Waals surface area contributed by atoms with E-state index in [4.69, 9.17) is 4.74 Å². The minimum Gasteiger partial charge on any atom is -0.496 e. The number of rotatable bonds is 7. The molecule has 5 nitrogen and oxygen atoms in total. The van der Waals surface area contributed by atoms with Crippen LogP contribution in [0.1, 0.15) is 27.1 Å². The summed E-state index contributed by atoms with van der Waals surface area (Å²) in [5, 5.41) is 1.49. The Bertz CT molecular complexity index is 864. The Labute approximate surface area is 154 Å². The van der Waals surface area contributed by atoms with Crippen LogP contribution in [0.15, 0.2) is 43.0 Å². The Hall–Kier alpha value is -2.66. The zero-order valence-electron chi connectivity index (χ0n) is 15.6. The Balaban J connectivity index is 1.89. The molecule has 0 atom stereocenters. The molecular formula is C21H25N2O3+. The number of carbonyl (C=O) groups is 2. The highest BCUT2D eigenvalue weighted by Gasteiger charge is 2.33. The summed E-state index contributed by atoms with van der Waals surface area (Å²) in [6.07, 6.45) is 2.64. The second kappa shape index (κ2) is 6.92. The molecule has 0 spiro atoms. The summed E-state index contributed by atoms with van der Waals surface area (Å²) < 4.78 is 6.16. The predicted molar refractivity (Wildman–Crippen MR) is 103 cm³/mol. The second-order valence-electron chi connectivity index (χ2n) is 7.29. The molecule has 1 aliphatic heterocycles. The number of quaternary nitrogens is 1. The summed E-state index contributed by atoms with van der Waals surface area (Å²) >= 11 is 0. The van der Waals surface area contributed by atoms with Gasteiger partial charge in [0.25, 0.3) is 11.8 Å². The van der Waals surface area contributed by atoms with E-state index in [1.807, 2.05) is 18.2 Å². The lowest BCUT2D eigenvalue weighted by Gasteiger charge is -2.31. The van der Waals surface area contributed by atoms with Crippen molar-refractivity contribution in [3.8, 4) is 5.75 Å². The van der Waals surface area contributed by atoms with Crippen molar-refractivity contribution in [2.45, 2.75) is 6.42 Å². The molecule has 5 heteroatoms. The van der Waals surface area contributed by atoms with Gasteiger partial charge in [0.2, 0.25) is 0 Å². The third kappa shape index (κ3) is 3.10. The van der Waals surface area contributed by atoms with E-state index in [2.05, 4.69) is 20.7 Å². The lowest BCUT2D eigenvalue weighted by atomic mass is 9.93. The summed E-state index contributed by atoms with van der Waals surface area (Å²) in [4.78, 5) is 27.2. The molecule has 0 saturated carbocycles. The maximum absolute atomic E-state index is 12.9. The topological polar surface area (TPSA) is 46.6 Å². The number of likely N-dealkylation sites (N-methyl/N-ethyl adjacent to an activating group) is 1. The maximum atomic E-state index is 12.9. The summed E-state index contributed by atoms with van der Waals surface area (Å²) in [6, 6.07) is 9.04. The van der Waals surface area contributed by atoms with Crippen molar-refractivity contribution < 1.29 is 18.8 Å². The standard InChI is InChI=1S/C21H25N2O3/c1-5-13-23(2,3)14-7-12-22-20(24)16-9-6-8-15-18(26-4)11-10-17(19(15)16)21(22)25/h5-6,8-11H,1,7,12-14H2,2-4H3/q+1. The van der Waals surface area contributed by atoms with Crippen LogP contribution in [0.2, 0.25) is 0 Å². The Morgan fingerprint density at radius 3 is 2.46 bits per heavy atom. The van der Waals surface area contributed by atoms with Crippen molar-refractivity contribution in [1.82, 2.24) is 4.90 Å². The zero-order valence-corrected chi connectivity index (χ0v) is 15.6. The molecular weight excluding hydrogens is 328 g/mol. The number of carbonyl (C=O) groups excluding carboxylic acids is 2. The fraction of sp³-hybridized carbons (Fsp3) is 0.333. The van der Waals surface area contributed by atoms with Crippen molar-refractivity contribution in [2.75, 3.05) is 40.8 Å². The van der Waals surface area contributed by atoms with Crippen molar-refractivity contribution in [3.05, 3.63) is 54.1 Å². The van der Waals surface area contributed by atoms with Gasteiger partial charge in [-0.2, -0.15) is 0 Å². The fourth-order valence-electron chi connectivity index (χ4n) is 3.60. The largest absolute Gasteiger partial charge is 0.496 e. The molecule has 26 heavy (non-hydrogen) atoms. The zero-order chi connectivity index (χ0) is 18.9. The number of hydrogen-bond acceptors (Lipinski definition) is 3. The Morgan fingerprint density at radius 1 is 1.12 bits per heavy atom. The first-order valence-corrected chi connectivity index (χ1v) is 8.78. The van der Waals surface area contributed by atoms with Crippen LogP contribution >= 0.6 is 0 Å². The van der Waals surface area contributed by atoms with E-state index >= 15 is 0 Å². The first-order valence-electron chi connectivity index (χ1n) is 8.78. The molecule has 1 aliphatic rings. The third-order valence-corrected chi connectivity index (χ3v) is 4.94. The van der Waals surface area contributed by atoms with Crippen molar-refractivity contribution in [1.29, 1.82) is 0 Å². The molecule has 0 radical (unpaired) electrons. The van der Waals surface area contributed by atoms with E-state index in [0.29, 0.717) is 28.8 Å². The van der Waals surface area contributed by atoms with Crippen molar-refractivity contribution in [2.24, 2.45) is 0 Å². The molecule has 2 aromatic carbocycles. The fourth-order valence-corrected chi connectivity index (χ4v) is 3.60. The van der Waals surface area contributed by atoms with Gasteiger partial charge in [-0.1, -0.05) is 18.7 Å². The van der Waals surface area contributed by atoms with Crippen LogP contribution in [0, 0.1) is 0 Å². The van der Waals surface area contributed by atoms with Gasteiger partial charge in [0.15, 0.2) is 0 Å². The Morgan fingerprint density at radius 2 is 1.81 bits per heavy atom. The molecule has 0 N–H and O–H groups in total. The van der Waals surface area contributed by atoms with Gasteiger partial charge in [-0.3, -0.25) is 14.5 Å². The van der Waals surface area contributed by atoms with Gasteiger partial charge in [-0.25, -0.2) is 0 Å². The lowest BCUT2D eigenvalue weighted by molar-refractivity contribution is -0.884. The normalized spacial score (nSPS) is 14.0. The van der Waals surface area contributed by atoms with Crippen LogP contribution in [0.5, 0.6) is 5.75 Å². The number of amides is 2. The molecule has 1 heterocycles. The Kier molecular flexibility index (Phi) is 4.83. The predicted octanol–water partition coefficient (Wildman–Crippen LogP) is 3.10. The average molecular weight is 353 g/mol. The first kappa shape index (κ1) is 18.1. The lowest BCUT2D eigenvalue weighted by Crippen LogP contribution is -2.45. The minimum atomic E-state index is -0.227. The van der Waals surface area contributed by atoms with Gasteiger partial charge in [0.1, 0.15) is 5.75 Å². The summed E-state index contributed by atoms with van der Waals surface area (Å²) in [6.45, 7) is 5.91. The van der Waals surface area contributed by atoms with E-state index in [0.717, 1.165) is 29.4 Å². The van der Waals surface area contributed by atoms with E-state index in [1.165, 1.54) is 4.90 Å². The monoisotopic (exact) mass is 353 g/mol. The van der Waals surface area contributed by atoms with Crippen LogP contribution < -0.4 is 4.74 Å². The molecule has 0 saturated heterocycles. The van der Waals surface area contributed by atoms with Crippen LogP contribution in [0.3, 0.4) is 0 Å². The number of hydrogen-bond donors (Lipinski definition) is 0. The van der Waals surface area contributed by atoms with Crippen molar-refractivity contribution >= 4 is 22.6 Å². The molecule has 3 rings (SSSR count).